The third kappa shape index (κ3) is 1.94. The van der Waals surface area contributed by atoms with Crippen LogP contribution in [-0.2, 0) is 21.2 Å². The number of nitrogens with two attached hydrogens (primary N) is 1. The van der Waals surface area contributed by atoms with E-state index in [1.54, 1.807) is 0 Å². The minimum absolute atomic E-state index is 0.247. The molecule has 1 aromatic rings. The fourth-order valence-electron chi connectivity index (χ4n) is 2.17. The summed E-state index contributed by atoms with van der Waals surface area (Å²) in [7, 11) is 0. The van der Waals surface area contributed by atoms with Gasteiger partial charge in [-0.25, -0.2) is 0 Å². The lowest BCUT2D eigenvalue weighted by Crippen LogP contribution is -2.49. The number of carbonyl (C=O) groups excluding carboxylic acids is 1. The second kappa shape index (κ2) is 4.25. The molecule has 0 fully saturated rings. The largest absolute Gasteiger partial charge is 0.416 e. The molecule has 2 rings (SSSR count). The summed E-state index contributed by atoms with van der Waals surface area (Å²) in [5.74, 6) is -0.932. The zero-order valence-corrected chi connectivity index (χ0v) is 9.94. The Hall–Kier alpha value is -2.05. The lowest BCUT2D eigenvalue weighted by atomic mass is 9.74. The molecule has 19 heavy (non-hydrogen) atoms. The summed E-state index contributed by atoms with van der Waals surface area (Å²) in [6.07, 6.45) is -4.45. The minimum Gasteiger partial charge on any atom is -0.391 e. The number of rotatable bonds is 2. The van der Waals surface area contributed by atoms with Crippen LogP contribution in [0, 0.1) is 0 Å². The molecule has 2 atom stereocenters. The second-order valence-electron chi connectivity index (χ2n) is 4.26. The van der Waals surface area contributed by atoms with Crippen molar-refractivity contribution in [2.45, 2.75) is 24.6 Å². The normalized spacial score (nSPS) is 26.2. The van der Waals surface area contributed by atoms with Gasteiger partial charge in [-0.1, -0.05) is 23.4 Å². The molecular formula is C12H11F3N2O2. The first-order valence-electron chi connectivity index (χ1n) is 5.47. The fourth-order valence-corrected chi connectivity index (χ4v) is 2.17. The third-order valence-electron chi connectivity index (χ3n) is 3.20. The molecule has 0 spiro atoms. The number of hydrogen-bond donors (Lipinski definition) is 1. The average molecular weight is 272 g/mol. The van der Waals surface area contributed by atoms with E-state index in [4.69, 9.17) is 10.6 Å². The zero-order valence-electron chi connectivity index (χ0n) is 9.94. The lowest BCUT2D eigenvalue weighted by Gasteiger charge is -2.28. The summed E-state index contributed by atoms with van der Waals surface area (Å²) < 4.78 is 39.1. The number of benzene rings is 1. The molecule has 1 aliphatic heterocycles. The van der Waals surface area contributed by atoms with Crippen molar-refractivity contribution in [3.63, 3.8) is 0 Å². The molecule has 1 amide bonds. The predicted molar refractivity (Wildman–Crippen MR) is 61.4 cm³/mol. The Kier molecular flexibility index (Phi) is 3.00. The monoisotopic (exact) mass is 272 g/mol. The highest BCUT2D eigenvalue weighted by molar-refractivity contribution is 6.05. The van der Waals surface area contributed by atoms with Crippen molar-refractivity contribution in [3.8, 4) is 0 Å². The van der Waals surface area contributed by atoms with Gasteiger partial charge in [0.05, 0.1) is 11.8 Å². The van der Waals surface area contributed by atoms with Gasteiger partial charge in [-0.2, -0.15) is 13.2 Å². The van der Waals surface area contributed by atoms with Crippen molar-refractivity contribution >= 4 is 12.1 Å². The first-order chi connectivity index (χ1) is 8.80. The smallest absolute Gasteiger partial charge is 0.391 e. The van der Waals surface area contributed by atoms with Crippen LogP contribution in [0.2, 0.25) is 0 Å². The van der Waals surface area contributed by atoms with Crippen LogP contribution in [0.3, 0.4) is 0 Å². The summed E-state index contributed by atoms with van der Waals surface area (Å²) >= 11 is 0. The molecule has 0 aromatic heterocycles. The van der Waals surface area contributed by atoms with Crippen LogP contribution in [0.15, 0.2) is 29.4 Å². The SMILES string of the molecule is CC1ON=CC1(C(N)=O)c1ccccc1C(F)(F)F. The van der Waals surface area contributed by atoms with E-state index in [9.17, 15) is 18.0 Å². The van der Waals surface area contributed by atoms with E-state index < -0.39 is 29.2 Å². The van der Waals surface area contributed by atoms with Crippen LogP contribution >= 0.6 is 0 Å². The topological polar surface area (TPSA) is 64.7 Å². The van der Waals surface area contributed by atoms with Gasteiger partial charge >= 0.3 is 6.18 Å². The zero-order chi connectivity index (χ0) is 14.3. The van der Waals surface area contributed by atoms with E-state index in [0.29, 0.717) is 0 Å². The highest BCUT2D eigenvalue weighted by Crippen LogP contribution is 2.40. The van der Waals surface area contributed by atoms with E-state index >= 15 is 0 Å². The van der Waals surface area contributed by atoms with Crippen molar-refractivity contribution < 1.29 is 22.8 Å². The van der Waals surface area contributed by atoms with Gasteiger partial charge in [0, 0.05) is 0 Å². The molecule has 0 saturated heterocycles. The molecule has 2 N–H and O–H groups in total. The van der Waals surface area contributed by atoms with Gasteiger partial charge in [-0.3, -0.25) is 4.79 Å². The highest BCUT2D eigenvalue weighted by Gasteiger charge is 2.52. The molecular weight excluding hydrogens is 261 g/mol. The van der Waals surface area contributed by atoms with Gasteiger partial charge in [0.15, 0.2) is 5.41 Å². The molecule has 102 valence electrons. The van der Waals surface area contributed by atoms with Gasteiger partial charge in [0.2, 0.25) is 5.91 Å². The molecule has 4 nitrogen and oxygen atoms in total. The minimum atomic E-state index is -4.59. The van der Waals surface area contributed by atoms with Crippen molar-refractivity contribution in [1.82, 2.24) is 0 Å². The number of hydrogen-bond acceptors (Lipinski definition) is 3. The Bertz CT molecular complexity index is 542. The first kappa shape index (κ1) is 13.4. The average Bonchev–Trinajstić information content (AvgIpc) is 2.71. The second-order valence-corrected chi connectivity index (χ2v) is 4.26. The Labute approximate surface area is 107 Å². The Balaban J connectivity index is 2.70. The quantitative estimate of drug-likeness (QED) is 0.892. The molecule has 0 aliphatic carbocycles. The molecule has 1 heterocycles. The van der Waals surface area contributed by atoms with Crippen LogP contribution in [0.5, 0.6) is 0 Å². The number of halogens is 3. The Morgan fingerprint density at radius 2 is 2.05 bits per heavy atom. The van der Waals surface area contributed by atoms with Crippen molar-refractivity contribution in [3.05, 3.63) is 35.4 Å². The molecule has 1 aliphatic rings. The van der Waals surface area contributed by atoms with E-state index in [2.05, 4.69) is 5.16 Å². The van der Waals surface area contributed by atoms with Gasteiger partial charge in [0.25, 0.3) is 0 Å². The molecule has 1 aromatic carbocycles. The summed E-state index contributed by atoms with van der Waals surface area (Å²) in [6.45, 7) is 1.45. The first-order valence-corrected chi connectivity index (χ1v) is 5.47. The molecule has 0 bridgehead atoms. The predicted octanol–water partition coefficient (Wildman–Crippen LogP) is 1.83. The Morgan fingerprint density at radius 3 is 2.53 bits per heavy atom. The van der Waals surface area contributed by atoms with E-state index in [1.807, 2.05) is 0 Å². The van der Waals surface area contributed by atoms with Crippen LogP contribution < -0.4 is 5.73 Å². The lowest BCUT2D eigenvalue weighted by molar-refractivity contribution is -0.139. The van der Waals surface area contributed by atoms with E-state index in [1.165, 1.54) is 25.1 Å². The van der Waals surface area contributed by atoms with Crippen LogP contribution in [0.4, 0.5) is 13.2 Å². The maximum absolute atomic E-state index is 13.0. The van der Waals surface area contributed by atoms with Gasteiger partial charge < -0.3 is 10.6 Å². The number of primary amides is 1. The van der Waals surface area contributed by atoms with Crippen LogP contribution in [0.25, 0.3) is 0 Å². The molecule has 7 heteroatoms. The summed E-state index contributed by atoms with van der Waals surface area (Å²) in [5, 5.41) is 3.45. The standard InChI is InChI=1S/C12H11F3N2O2/c1-7-11(10(16)18,6-17-19-7)8-4-2-3-5-9(8)12(13,14)15/h2-7H,1H3,(H2,16,18). The maximum atomic E-state index is 13.0. The van der Waals surface area contributed by atoms with Crippen molar-refractivity contribution in [1.29, 1.82) is 0 Å². The number of amides is 1. The van der Waals surface area contributed by atoms with E-state index in [-0.39, 0.29) is 5.56 Å². The molecule has 0 saturated carbocycles. The molecule has 0 radical (unpaired) electrons. The third-order valence-corrected chi connectivity index (χ3v) is 3.20. The number of alkyl halides is 3. The number of carbonyl (C=O) groups is 1. The van der Waals surface area contributed by atoms with Crippen LogP contribution in [0.1, 0.15) is 18.1 Å². The maximum Gasteiger partial charge on any atom is 0.416 e. The van der Waals surface area contributed by atoms with Gasteiger partial charge in [0.1, 0.15) is 6.10 Å². The van der Waals surface area contributed by atoms with Crippen molar-refractivity contribution in [2.24, 2.45) is 10.9 Å². The summed E-state index contributed by atoms with van der Waals surface area (Å²) in [6, 6.07) is 4.77. The van der Waals surface area contributed by atoms with Gasteiger partial charge in [-0.05, 0) is 18.6 Å². The van der Waals surface area contributed by atoms with Crippen LogP contribution in [-0.4, -0.2) is 18.2 Å². The van der Waals surface area contributed by atoms with Gasteiger partial charge in [-0.15, -0.1) is 0 Å². The molecule has 2 unspecified atom stereocenters. The highest BCUT2D eigenvalue weighted by atomic mass is 19.4. The number of oxime groups is 1. The Morgan fingerprint density at radius 1 is 1.42 bits per heavy atom. The number of nitrogens with zero attached hydrogens (tertiary/aromatic N) is 1. The summed E-state index contributed by atoms with van der Waals surface area (Å²) in [5.41, 5.74) is 2.42. The summed E-state index contributed by atoms with van der Waals surface area (Å²) in [4.78, 5) is 16.6. The van der Waals surface area contributed by atoms with Crippen molar-refractivity contribution in [2.75, 3.05) is 0 Å². The van der Waals surface area contributed by atoms with E-state index in [0.717, 1.165) is 12.3 Å². The fraction of sp³-hybridized carbons (Fsp3) is 0.333.